The summed E-state index contributed by atoms with van der Waals surface area (Å²) in [6.45, 7) is 7.59. The molecule has 0 amide bonds. The van der Waals surface area contributed by atoms with Crippen LogP contribution in [0, 0.1) is 0 Å². The summed E-state index contributed by atoms with van der Waals surface area (Å²) in [5.74, 6) is 0. The number of halogens is 1. The molecule has 2 rings (SSSR count). The summed E-state index contributed by atoms with van der Waals surface area (Å²) in [6.07, 6.45) is 3.49. The number of hydrogen-bond acceptors (Lipinski definition) is 3. The molecule has 18 heavy (non-hydrogen) atoms. The van der Waals surface area contributed by atoms with Gasteiger partial charge in [0.15, 0.2) is 0 Å². The summed E-state index contributed by atoms with van der Waals surface area (Å²) in [7, 11) is 0. The van der Waals surface area contributed by atoms with Crippen LogP contribution >= 0.6 is 11.6 Å². The number of piperidine rings is 1. The Labute approximate surface area is 114 Å². The molecular weight excluding hydrogens is 250 g/mol. The lowest BCUT2D eigenvalue weighted by Gasteiger charge is -2.23. The molecule has 1 saturated heterocycles. The molecule has 5 heteroatoms. The molecule has 2 heterocycles. The van der Waals surface area contributed by atoms with Crippen LogP contribution in [0.4, 0.5) is 0 Å². The molecule has 0 aromatic carbocycles. The number of nitrogens with zero attached hydrogens (tertiary/aromatic N) is 2. The van der Waals surface area contributed by atoms with Gasteiger partial charge in [0.1, 0.15) is 0 Å². The minimum absolute atomic E-state index is 0.306. The molecule has 102 valence electrons. The highest BCUT2D eigenvalue weighted by Crippen LogP contribution is 2.23. The van der Waals surface area contributed by atoms with E-state index in [0.717, 1.165) is 48.9 Å². The highest BCUT2D eigenvalue weighted by atomic mass is 35.5. The fraction of sp³-hybridized carbons (Fsp3) is 0.769. The lowest BCUT2D eigenvalue weighted by atomic mass is 10.1. The number of ether oxygens (including phenoxy) is 1. The van der Waals surface area contributed by atoms with Crippen molar-refractivity contribution in [2.75, 3.05) is 13.1 Å². The van der Waals surface area contributed by atoms with Crippen molar-refractivity contribution in [1.29, 1.82) is 0 Å². The van der Waals surface area contributed by atoms with E-state index in [0.29, 0.717) is 12.7 Å². The summed E-state index contributed by atoms with van der Waals surface area (Å²) in [5, 5.41) is 8.63. The van der Waals surface area contributed by atoms with Crippen LogP contribution in [0.3, 0.4) is 0 Å². The van der Waals surface area contributed by atoms with E-state index < -0.39 is 0 Å². The maximum absolute atomic E-state index is 6.35. The van der Waals surface area contributed by atoms with Gasteiger partial charge < -0.3 is 10.1 Å². The highest BCUT2D eigenvalue weighted by Gasteiger charge is 2.18. The largest absolute Gasteiger partial charge is 0.371 e. The fourth-order valence-corrected chi connectivity index (χ4v) is 2.64. The van der Waals surface area contributed by atoms with E-state index in [2.05, 4.69) is 24.3 Å². The van der Waals surface area contributed by atoms with Crippen LogP contribution in [-0.4, -0.2) is 29.0 Å². The molecule has 1 aliphatic heterocycles. The summed E-state index contributed by atoms with van der Waals surface area (Å²) in [5.41, 5.74) is 1.99. The summed E-state index contributed by atoms with van der Waals surface area (Å²) in [4.78, 5) is 0. The van der Waals surface area contributed by atoms with E-state index in [4.69, 9.17) is 16.3 Å². The van der Waals surface area contributed by atoms with E-state index in [9.17, 15) is 0 Å². The predicted octanol–water partition coefficient (Wildman–Crippen LogP) is 2.39. The molecule has 1 unspecified atom stereocenters. The van der Waals surface area contributed by atoms with Gasteiger partial charge in [-0.05, 0) is 32.7 Å². The standard InChI is InChI=1S/C13H22ClN3O/c1-3-11-13(14)12(17(4-2)16-11)9-18-10-6-5-7-15-8-10/h10,15H,3-9H2,1-2H3. The molecule has 4 nitrogen and oxygen atoms in total. The van der Waals surface area contributed by atoms with Crippen LogP contribution < -0.4 is 5.32 Å². The van der Waals surface area contributed by atoms with Crippen LogP contribution in [0.15, 0.2) is 0 Å². The Balaban J connectivity index is 2.01. The maximum Gasteiger partial charge on any atom is 0.0904 e. The molecule has 1 aliphatic rings. The molecule has 1 N–H and O–H groups in total. The maximum atomic E-state index is 6.35. The smallest absolute Gasteiger partial charge is 0.0904 e. The first-order valence-corrected chi connectivity index (χ1v) is 7.20. The number of aryl methyl sites for hydroxylation is 2. The first kappa shape index (κ1) is 13.8. The van der Waals surface area contributed by atoms with Crippen molar-refractivity contribution < 1.29 is 4.74 Å². The normalized spacial score (nSPS) is 20.3. The van der Waals surface area contributed by atoms with Gasteiger partial charge in [-0.2, -0.15) is 5.10 Å². The van der Waals surface area contributed by atoms with Crippen molar-refractivity contribution in [3.05, 3.63) is 16.4 Å². The monoisotopic (exact) mass is 271 g/mol. The third kappa shape index (κ3) is 3.05. The SMILES string of the molecule is CCc1nn(CC)c(COC2CCCNC2)c1Cl. The van der Waals surface area contributed by atoms with E-state index >= 15 is 0 Å². The van der Waals surface area contributed by atoms with Gasteiger partial charge in [0.05, 0.1) is 29.1 Å². The van der Waals surface area contributed by atoms with Crippen LogP contribution in [0.25, 0.3) is 0 Å². The number of nitrogens with one attached hydrogen (secondary N) is 1. The van der Waals surface area contributed by atoms with Crippen molar-refractivity contribution in [1.82, 2.24) is 15.1 Å². The van der Waals surface area contributed by atoms with Crippen LogP contribution in [0.2, 0.25) is 5.02 Å². The van der Waals surface area contributed by atoms with Crippen LogP contribution in [0.1, 0.15) is 38.1 Å². The molecule has 1 atom stereocenters. The molecule has 0 spiro atoms. The van der Waals surface area contributed by atoms with Gasteiger partial charge in [-0.3, -0.25) is 4.68 Å². The molecule has 0 saturated carbocycles. The van der Waals surface area contributed by atoms with Crippen LogP contribution in [0.5, 0.6) is 0 Å². The average molecular weight is 272 g/mol. The quantitative estimate of drug-likeness (QED) is 0.894. The summed E-state index contributed by atoms with van der Waals surface area (Å²) < 4.78 is 7.90. The minimum atomic E-state index is 0.306. The Hall–Kier alpha value is -0.580. The van der Waals surface area contributed by atoms with Gasteiger partial charge in [0, 0.05) is 13.1 Å². The summed E-state index contributed by atoms with van der Waals surface area (Å²) >= 11 is 6.35. The second kappa shape index (κ2) is 6.55. The first-order valence-electron chi connectivity index (χ1n) is 6.82. The minimum Gasteiger partial charge on any atom is -0.371 e. The summed E-state index contributed by atoms with van der Waals surface area (Å²) in [6, 6.07) is 0. The molecule has 0 bridgehead atoms. The third-order valence-electron chi connectivity index (χ3n) is 3.40. The zero-order valence-corrected chi connectivity index (χ0v) is 12.0. The fourth-order valence-electron chi connectivity index (χ4n) is 2.31. The van der Waals surface area contributed by atoms with Crippen LogP contribution in [-0.2, 0) is 24.3 Å². The Kier molecular flexibility index (Phi) is 5.03. The van der Waals surface area contributed by atoms with Gasteiger partial charge in [-0.1, -0.05) is 18.5 Å². The topological polar surface area (TPSA) is 39.1 Å². The Morgan fingerprint density at radius 1 is 1.50 bits per heavy atom. The van der Waals surface area contributed by atoms with Gasteiger partial charge >= 0.3 is 0 Å². The Morgan fingerprint density at radius 2 is 2.33 bits per heavy atom. The lowest BCUT2D eigenvalue weighted by Crippen LogP contribution is -2.35. The van der Waals surface area contributed by atoms with Crippen molar-refractivity contribution >= 4 is 11.6 Å². The Bertz CT molecular complexity index is 386. The molecule has 1 aromatic rings. The average Bonchev–Trinajstić information content (AvgIpc) is 2.73. The first-order chi connectivity index (χ1) is 8.76. The van der Waals surface area contributed by atoms with Crippen molar-refractivity contribution in [3.8, 4) is 0 Å². The van der Waals surface area contributed by atoms with Gasteiger partial charge in [0.2, 0.25) is 0 Å². The second-order valence-electron chi connectivity index (χ2n) is 4.66. The van der Waals surface area contributed by atoms with Crippen molar-refractivity contribution in [2.24, 2.45) is 0 Å². The zero-order chi connectivity index (χ0) is 13.0. The molecule has 1 fully saturated rings. The lowest BCUT2D eigenvalue weighted by molar-refractivity contribution is 0.0219. The van der Waals surface area contributed by atoms with Gasteiger partial charge in [-0.25, -0.2) is 0 Å². The molecular formula is C13H22ClN3O. The van der Waals surface area contributed by atoms with E-state index in [1.165, 1.54) is 6.42 Å². The highest BCUT2D eigenvalue weighted by molar-refractivity contribution is 6.31. The number of aromatic nitrogens is 2. The van der Waals surface area contributed by atoms with E-state index in [-0.39, 0.29) is 0 Å². The second-order valence-corrected chi connectivity index (χ2v) is 5.03. The number of hydrogen-bond donors (Lipinski definition) is 1. The van der Waals surface area contributed by atoms with E-state index in [1.807, 2.05) is 4.68 Å². The predicted molar refractivity (Wildman–Crippen MR) is 73.0 cm³/mol. The van der Waals surface area contributed by atoms with Gasteiger partial charge in [-0.15, -0.1) is 0 Å². The van der Waals surface area contributed by atoms with Crippen molar-refractivity contribution in [3.63, 3.8) is 0 Å². The number of rotatable bonds is 5. The molecule has 0 radical (unpaired) electrons. The zero-order valence-electron chi connectivity index (χ0n) is 11.2. The van der Waals surface area contributed by atoms with E-state index in [1.54, 1.807) is 0 Å². The third-order valence-corrected chi connectivity index (χ3v) is 3.84. The van der Waals surface area contributed by atoms with Gasteiger partial charge in [0.25, 0.3) is 0 Å². The van der Waals surface area contributed by atoms with Crippen molar-refractivity contribution in [2.45, 2.75) is 52.4 Å². The molecule has 0 aliphatic carbocycles. The Morgan fingerprint density at radius 3 is 2.94 bits per heavy atom. The molecule has 1 aromatic heterocycles.